The van der Waals surface area contributed by atoms with Crippen LogP contribution in [0.4, 0.5) is 0 Å². The van der Waals surface area contributed by atoms with E-state index < -0.39 is 0 Å². The third-order valence-corrected chi connectivity index (χ3v) is 5.71. The molecule has 2 aromatic rings. The normalized spacial score (nSPS) is 19.1. The van der Waals surface area contributed by atoms with Crippen LogP contribution in [0.1, 0.15) is 37.2 Å². The summed E-state index contributed by atoms with van der Waals surface area (Å²) in [4.78, 5) is 4.98. The minimum absolute atomic E-state index is 0.984. The van der Waals surface area contributed by atoms with Crippen molar-refractivity contribution < 1.29 is 8.83 Å². The number of rotatable bonds is 7. The Morgan fingerprint density at radius 3 is 1.46 bits per heavy atom. The van der Waals surface area contributed by atoms with Gasteiger partial charge in [0.1, 0.15) is 11.5 Å². The van der Waals surface area contributed by atoms with Crippen molar-refractivity contribution in [3.63, 3.8) is 0 Å². The third-order valence-electron chi connectivity index (χ3n) is 5.71. The average molecular weight is 383 g/mol. The Kier molecular flexibility index (Phi) is 6.73. The second-order valence-electron chi connectivity index (χ2n) is 7.67. The number of hydrogen-bond donors (Lipinski definition) is 0. The van der Waals surface area contributed by atoms with Crippen LogP contribution in [0.3, 0.4) is 0 Å². The van der Waals surface area contributed by atoms with Gasteiger partial charge in [-0.3, -0.25) is 0 Å². The summed E-state index contributed by atoms with van der Waals surface area (Å²) >= 11 is 0. The van der Waals surface area contributed by atoms with Crippen molar-refractivity contribution in [1.82, 2.24) is 9.80 Å². The molecule has 4 rings (SSSR count). The largest absolute Gasteiger partial charge is 0.469 e. The van der Waals surface area contributed by atoms with Crippen LogP contribution < -0.4 is 0 Å². The molecule has 150 valence electrons. The summed E-state index contributed by atoms with van der Waals surface area (Å²) in [7, 11) is 0. The van der Waals surface area contributed by atoms with Gasteiger partial charge < -0.3 is 18.6 Å². The fraction of sp³-hybridized carbons (Fsp3) is 0.545. The molecule has 4 heterocycles. The first-order chi connectivity index (χ1) is 13.8. The van der Waals surface area contributed by atoms with Crippen LogP contribution in [-0.2, 0) is 12.8 Å². The lowest BCUT2D eigenvalue weighted by Crippen LogP contribution is -2.36. The molecule has 6 heteroatoms. The van der Waals surface area contributed by atoms with Gasteiger partial charge >= 0.3 is 0 Å². The predicted molar refractivity (Wildman–Crippen MR) is 111 cm³/mol. The SMILES string of the molecule is c1coc(CCN2CCC(=NN=C3CCN(CCc4ccco4)CC3)CC2)c1. The molecule has 0 amide bonds. The molecule has 0 aromatic carbocycles. The minimum Gasteiger partial charge on any atom is -0.469 e. The van der Waals surface area contributed by atoms with Gasteiger partial charge in [0, 0.05) is 89.2 Å². The zero-order valence-corrected chi connectivity index (χ0v) is 16.6. The van der Waals surface area contributed by atoms with Gasteiger partial charge in [-0.1, -0.05) is 0 Å². The summed E-state index contributed by atoms with van der Waals surface area (Å²) in [5.74, 6) is 2.14. The Bertz CT molecular complexity index is 678. The Hall–Kier alpha value is -2.18. The lowest BCUT2D eigenvalue weighted by molar-refractivity contribution is 0.270. The quantitative estimate of drug-likeness (QED) is 0.686. The highest BCUT2D eigenvalue weighted by Gasteiger charge is 2.17. The summed E-state index contributed by atoms with van der Waals surface area (Å²) in [6.07, 6.45) is 9.59. The molecule has 0 aliphatic carbocycles. The van der Waals surface area contributed by atoms with Gasteiger partial charge in [0.25, 0.3) is 0 Å². The van der Waals surface area contributed by atoms with Crippen molar-refractivity contribution in [2.24, 2.45) is 10.2 Å². The molecule has 0 unspecified atom stereocenters. The van der Waals surface area contributed by atoms with Crippen molar-refractivity contribution in [2.75, 3.05) is 39.3 Å². The highest BCUT2D eigenvalue weighted by molar-refractivity contribution is 5.89. The Balaban J connectivity index is 1.15. The molecular weight excluding hydrogens is 352 g/mol. The fourth-order valence-corrected chi connectivity index (χ4v) is 3.86. The van der Waals surface area contributed by atoms with Crippen molar-refractivity contribution in [3.05, 3.63) is 48.3 Å². The Labute approximate surface area is 166 Å². The maximum absolute atomic E-state index is 5.42. The topological polar surface area (TPSA) is 57.5 Å². The molecule has 6 nitrogen and oxygen atoms in total. The average Bonchev–Trinajstić information content (AvgIpc) is 3.45. The molecule has 0 bridgehead atoms. The smallest absolute Gasteiger partial charge is 0.105 e. The van der Waals surface area contributed by atoms with Crippen LogP contribution in [0.2, 0.25) is 0 Å². The maximum atomic E-state index is 5.42. The van der Waals surface area contributed by atoms with E-state index in [4.69, 9.17) is 8.83 Å². The number of furan rings is 2. The van der Waals surface area contributed by atoms with Crippen LogP contribution in [0.5, 0.6) is 0 Å². The van der Waals surface area contributed by atoms with E-state index in [1.807, 2.05) is 12.1 Å². The van der Waals surface area contributed by atoms with E-state index in [0.29, 0.717) is 0 Å². The highest BCUT2D eigenvalue weighted by atomic mass is 16.3. The van der Waals surface area contributed by atoms with Crippen molar-refractivity contribution in [1.29, 1.82) is 0 Å². The number of hydrogen-bond acceptors (Lipinski definition) is 6. The summed E-state index contributed by atoms with van der Waals surface area (Å²) in [6, 6.07) is 8.02. The van der Waals surface area contributed by atoms with Crippen molar-refractivity contribution in [2.45, 2.75) is 38.5 Å². The number of likely N-dealkylation sites (tertiary alicyclic amines) is 2. The van der Waals surface area contributed by atoms with Crippen molar-refractivity contribution in [3.8, 4) is 0 Å². The molecule has 2 fully saturated rings. The minimum atomic E-state index is 0.984. The lowest BCUT2D eigenvalue weighted by Gasteiger charge is -2.27. The zero-order valence-electron chi connectivity index (χ0n) is 16.6. The van der Waals surface area contributed by atoms with E-state index in [0.717, 1.165) is 89.3 Å². The van der Waals surface area contributed by atoms with E-state index in [-0.39, 0.29) is 0 Å². The van der Waals surface area contributed by atoms with Crippen LogP contribution in [0, 0.1) is 0 Å². The van der Waals surface area contributed by atoms with Gasteiger partial charge in [-0.25, -0.2) is 0 Å². The molecule has 0 N–H and O–H groups in total. The molecule has 2 aliphatic heterocycles. The standard InChI is InChI=1S/C22H30N4O2/c1-3-21(27-17-1)9-15-25-11-5-19(6-12-25)23-24-20-7-13-26(14-8-20)16-10-22-4-2-18-28-22/h1-4,17-18H,5-16H2. The van der Waals surface area contributed by atoms with Gasteiger partial charge in [0.05, 0.1) is 12.5 Å². The van der Waals surface area contributed by atoms with Gasteiger partial charge in [-0.05, 0) is 24.3 Å². The predicted octanol–water partition coefficient (Wildman–Crippen LogP) is 3.65. The molecule has 2 aromatic heterocycles. The Morgan fingerprint density at radius 2 is 1.11 bits per heavy atom. The van der Waals surface area contributed by atoms with Gasteiger partial charge in [0.2, 0.25) is 0 Å². The van der Waals surface area contributed by atoms with Crippen LogP contribution in [0.15, 0.2) is 55.8 Å². The van der Waals surface area contributed by atoms with Crippen LogP contribution >= 0.6 is 0 Å². The first-order valence-corrected chi connectivity index (χ1v) is 10.5. The van der Waals surface area contributed by atoms with Gasteiger partial charge in [0.15, 0.2) is 0 Å². The Morgan fingerprint density at radius 1 is 0.679 bits per heavy atom. The molecule has 0 saturated carbocycles. The summed E-state index contributed by atoms with van der Waals surface area (Å²) in [6.45, 7) is 6.41. The molecule has 0 atom stereocenters. The highest BCUT2D eigenvalue weighted by Crippen LogP contribution is 2.13. The number of nitrogens with zero attached hydrogens (tertiary/aromatic N) is 4. The fourth-order valence-electron chi connectivity index (χ4n) is 3.86. The molecule has 0 spiro atoms. The second kappa shape index (κ2) is 9.85. The molecule has 0 radical (unpaired) electrons. The zero-order chi connectivity index (χ0) is 19.0. The lowest BCUT2D eigenvalue weighted by atomic mass is 10.1. The van der Waals surface area contributed by atoms with Crippen LogP contribution in [0.25, 0.3) is 0 Å². The molecule has 2 aliphatic rings. The van der Waals surface area contributed by atoms with E-state index in [2.05, 4.69) is 32.1 Å². The van der Waals surface area contributed by atoms with E-state index >= 15 is 0 Å². The third kappa shape index (κ3) is 5.66. The number of piperidine rings is 2. The first-order valence-electron chi connectivity index (χ1n) is 10.5. The summed E-state index contributed by atoms with van der Waals surface area (Å²) in [5, 5.41) is 9.18. The van der Waals surface area contributed by atoms with E-state index in [1.54, 1.807) is 12.5 Å². The first kappa shape index (κ1) is 19.2. The van der Waals surface area contributed by atoms with Gasteiger partial charge in [-0.2, -0.15) is 10.2 Å². The monoisotopic (exact) mass is 382 g/mol. The maximum Gasteiger partial charge on any atom is 0.105 e. The van der Waals surface area contributed by atoms with E-state index in [9.17, 15) is 0 Å². The molecule has 2 saturated heterocycles. The van der Waals surface area contributed by atoms with Crippen LogP contribution in [-0.4, -0.2) is 60.5 Å². The van der Waals surface area contributed by atoms with Gasteiger partial charge in [-0.15, -0.1) is 0 Å². The molecule has 28 heavy (non-hydrogen) atoms. The van der Waals surface area contributed by atoms with E-state index in [1.165, 1.54) is 11.4 Å². The summed E-state index contributed by atoms with van der Waals surface area (Å²) in [5.41, 5.74) is 2.50. The van der Waals surface area contributed by atoms with Crippen molar-refractivity contribution >= 4 is 11.4 Å². The molecular formula is C22H30N4O2. The summed E-state index contributed by atoms with van der Waals surface area (Å²) < 4.78 is 10.8. The second-order valence-corrected chi connectivity index (χ2v) is 7.67.